The van der Waals surface area contributed by atoms with Gasteiger partial charge in [-0.05, 0) is 31.0 Å². The monoisotopic (exact) mass is 341 g/mol. The summed E-state index contributed by atoms with van der Waals surface area (Å²) in [5, 5.41) is 1.22. The van der Waals surface area contributed by atoms with Crippen molar-refractivity contribution in [2.75, 3.05) is 58.0 Å². The summed E-state index contributed by atoms with van der Waals surface area (Å²) in [6.45, 7) is 7.50. The maximum Gasteiger partial charge on any atom is 0.133 e. The molecule has 5 heteroatoms. The number of methoxy groups -OCH3 is 1. The molecule has 0 saturated carbocycles. The second-order valence-corrected chi connectivity index (χ2v) is 7.11. The molecule has 2 aromatic rings. The number of hydrogen-bond donors (Lipinski definition) is 0. The Labute approximate surface area is 149 Å². The summed E-state index contributed by atoms with van der Waals surface area (Å²) < 4.78 is 10.9. The average molecular weight is 341 g/mol. The van der Waals surface area contributed by atoms with Crippen LogP contribution in [0.1, 0.15) is 12.0 Å². The van der Waals surface area contributed by atoms with E-state index in [1.807, 2.05) is 0 Å². The van der Waals surface area contributed by atoms with E-state index in [-0.39, 0.29) is 0 Å². The van der Waals surface area contributed by atoms with Gasteiger partial charge in [0.25, 0.3) is 0 Å². The van der Waals surface area contributed by atoms with Gasteiger partial charge in [0.15, 0.2) is 0 Å². The molecule has 1 aromatic heterocycles. The molecule has 2 saturated heterocycles. The Morgan fingerprint density at radius 3 is 2.88 bits per heavy atom. The van der Waals surface area contributed by atoms with Crippen LogP contribution in [-0.4, -0.2) is 63.0 Å². The number of aromatic nitrogens is 1. The minimum absolute atomic E-state index is 0.658. The summed E-state index contributed by atoms with van der Waals surface area (Å²) in [4.78, 5) is 9.94. The van der Waals surface area contributed by atoms with Crippen molar-refractivity contribution in [3.8, 4) is 0 Å². The van der Waals surface area contributed by atoms with Crippen LogP contribution in [0.4, 0.5) is 5.82 Å². The van der Waals surface area contributed by atoms with E-state index in [4.69, 9.17) is 14.5 Å². The molecule has 2 aliphatic heterocycles. The van der Waals surface area contributed by atoms with E-state index >= 15 is 0 Å². The number of morpholine rings is 1. The van der Waals surface area contributed by atoms with Gasteiger partial charge in [0, 0.05) is 44.2 Å². The Bertz CT molecular complexity index is 715. The molecule has 4 rings (SSSR count). The van der Waals surface area contributed by atoms with Gasteiger partial charge in [-0.15, -0.1) is 0 Å². The Morgan fingerprint density at radius 2 is 2.04 bits per heavy atom. The smallest absolute Gasteiger partial charge is 0.133 e. The van der Waals surface area contributed by atoms with Gasteiger partial charge in [0.05, 0.1) is 25.3 Å². The second-order valence-electron chi connectivity index (χ2n) is 7.11. The lowest BCUT2D eigenvalue weighted by Crippen LogP contribution is -2.37. The summed E-state index contributed by atoms with van der Waals surface area (Å²) in [6, 6.07) is 10.7. The summed E-state index contributed by atoms with van der Waals surface area (Å²) in [5.74, 6) is 1.79. The number of anilines is 1. The second kappa shape index (κ2) is 7.68. The van der Waals surface area contributed by atoms with E-state index < -0.39 is 0 Å². The lowest BCUT2D eigenvalue weighted by atomic mass is 10.1. The molecule has 0 amide bonds. The Hall–Kier alpha value is -1.69. The Balaban J connectivity index is 1.61. The molecule has 0 aliphatic carbocycles. The zero-order chi connectivity index (χ0) is 17.1. The number of rotatable bonds is 5. The number of likely N-dealkylation sites (tertiary alicyclic amines) is 1. The Morgan fingerprint density at radius 1 is 1.20 bits per heavy atom. The molecule has 0 bridgehead atoms. The van der Waals surface area contributed by atoms with Crippen LogP contribution in [0.3, 0.4) is 0 Å². The topological polar surface area (TPSA) is 37.8 Å². The average Bonchev–Trinajstić information content (AvgIpc) is 3.09. The van der Waals surface area contributed by atoms with Crippen molar-refractivity contribution in [2.24, 2.45) is 5.92 Å². The minimum atomic E-state index is 0.658. The van der Waals surface area contributed by atoms with Crippen molar-refractivity contribution >= 4 is 16.7 Å². The van der Waals surface area contributed by atoms with Crippen LogP contribution in [0.2, 0.25) is 0 Å². The van der Waals surface area contributed by atoms with E-state index in [1.165, 1.54) is 17.4 Å². The fourth-order valence-corrected chi connectivity index (χ4v) is 3.98. The van der Waals surface area contributed by atoms with Crippen molar-refractivity contribution in [2.45, 2.75) is 13.0 Å². The molecule has 5 nitrogen and oxygen atoms in total. The molecular weight excluding hydrogens is 314 g/mol. The van der Waals surface area contributed by atoms with Crippen LogP contribution in [-0.2, 0) is 16.0 Å². The summed E-state index contributed by atoms with van der Waals surface area (Å²) in [6.07, 6.45) is 1.22. The van der Waals surface area contributed by atoms with Gasteiger partial charge >= 0.3 is 0 Å². The molecule has 2 fully saturated rings. The lowest BCUT2D eigenvalue weighted by molar-refractivity contribution is 0.122. The highest BCUT2D eigenvalue weighted by molar-refractivity contribution is 5.81. The number of fused-ring (bicyclic) bond motifs is 1. The SMILES string of the molecule is COC[C@H]1CCN(Cc2cc3ccccc3nc2N2CCOCC2)C1. The molecule has 0 unspecified atom stereocenters. The molecule has 134 valence electrons. The minimum Gasteiger partial charge on any atom is -0.384 e. The van der Waals surface area contributed by atoms with Gasteiger partial charge in [-0.3, -0.25) is 4.90 Å². The lowest BCUT2D eigenvalue weighted by Gasteiger charge is -2.30. The standard InChI is InChI=1S/C20H27N3O2/c1-24-15-16-6-7-22(13-16)14-18-12-17-4-2-3-5-19(17)21-20(18)23-8-10-25-11-9-23/h2-5,12,16H,6-11,13-15H2,1H3/t16-/m0/s1. The molecule has 0 N–H and O–H groups in total. The van der Waals surface area contributed by atoms with Crippen LogP contribution in [0.15, 0.2) is 30.3 Å². The number of para-hydroxylation sites is 1. The third-order valence-electron chi connectivity index (χ3n) is 5.26. The van der Waals surface area contributed by atoms with Crippen LogP contribution in [0.5, 0.6) is 0 Å². The summed E-state index contributed by atoms with van der Waals surface area (Å²) in [5.41, 5.74) is 2.41. The van der Waals surface area contributed by atoms with Crippen LogP contribution in [0, 0.1) is 5.92 Å². The molecule has 2 aliphatic rings. The van der Waals surface area contributed by atoms with Crippen molar-refractivity contribution in [1.29, 1.82) is 0 Å². The first-order chi connectivity index (χ1) is 12.3. The summed E-state index contributed by atoms with van der Waals surface area (Å²) in [7, 11) is 1.80. The zero-order valence-corrected chi connectivity index (χ0v) is 15.0. The number of pyridine rings is 1. The summed E-state index contributed by atoms with van der Waals surface area (Å²) >= 11 is 0. The number of hydrogen-bond acceptors (Lipinski definition) is 5. The highest BCUT2D eigenvalue weighted by Gasteiger charge is 2.25. The fourth-order valence-electron chi connectivity index (χ4n) is 3.98. The van der Waals surface area contributed by atoms with Gasteiger partial charge in [0.2, 0.25) is 0 Å². The highest BCUT2D eigenvalue weighted by Crippen LogP contribution is 2.27. The first kappa shape index (κ1) is 16.8. The van der Waals surface area contributed by atoms with Crippen molar-refractivity contribution in [1.82, 2.24) is 9.88 Å². The van der Waals surface area contributed by atoms with Crippen molar-refractivity contribution in [3.05, 3.63) is 35.9 Å². The molecule has 25 heavy (non-hydrogen) atoms. The van der Waals surface area contributed by atoms with Crippen LogP contribution < -0.4 is 4.90 Å². The molecular formula is C20H27N3O2. The van der Waals surface area contributed by atoms with Crippen molar-refractivity contribution in [3.63, 3.8) is 0 Å². The molecule has 3 heterocycles. The third-order valence-corrected chi connectivity index (χ3v) is 5.26. The van der Waals surface area contributed by atoms with E-state index in [0.29, 0.717) is 5.92 Å². The maximum absolute atomic E-state index is 5.53. The zero-order valence-electron chi connectivity index (χ0n) is 15.0. The van der Waals surface area contributed by atoms with Gasteiger partial charge in [-0.1, -0.05) is 18.2 Å². The van der Waals surface area contributed by atoms with E-state index in [0.717, 1.165) is 63.9 Å². The van der Waals surface area contributed by atoms with E-state index in [2.05, 4.69) is 40.1 Å². The van der Waals surface area contributed by atoms with Gasteiger partial charge in [-0.25, -0.2) is 4.98 Å². The molecule has 0 radical (unpaired) electrons. The first-order valence-corrected chi connectivity index (χ1v) is 9.26. The predicted molar refractivity (Wildman–Crippen MR) is 100 cm³/mol. The highest BCUT2D eigenvalue weighted by atomic mass is 16.5. The number of benzene rings is 1. The normalized spacial score (nSPS) is 22.0. The molecule has 1 atom stereocenters. The van der Waals surface area contributed by atoms with E-state index in [1.54, 1.807) is 7.11 Å². The van der Waals surface area contributed by atoms with Gasteiger partial charge in [0.1, 0.15) is 5.82 Å². The largest absolute Gasteiger partial charge is 0.384 e. The maximum atomic E-state index is 5.53. The van der Waals surface area contributed by atoms with Crippen LogP contribution in [0.25, 0.3) is 10.9 Å². The third kappa shape index (κ3) is 3.78. The predicted octanol–water partition coefficient (Wildman–Crippen LogP) is 2.54. The van der Waals surface area contributed by atoms with Crippen molar-refractivity contribution < 1.29 is 9.47 Å². The Kier molecular flexibility index (Phi) is 5.15. The van der Waals surface area contributed by atoms with Gasteiger partial charge < -0.3 is 14.4 Å². The molecule has 0 spiro atoms. The fraction of sp³-hybridized carbons (Fsp3) is 0.550. The molecule has 1 aromatic carbocycles. The number of ether oxygens (including phenoxy) is 2. The van der Waals surface area contributed by atoms with E-state index in [9.17, 15) is 0 Å². The van der Waals surface area contributed by atoms with Gasteiger partial charge in [-0.2, -0.15) is 0 Å². The number of nitrogens with zero attached hydrogens (tertiary/aromatic N) is 3. The van der Waals surface area contributed by atoms with Crippen LogP contribution >= 0.6 is 0 Å². The first-order valence-electron chi connectivity index (χ1n) is 9.26. The quantitative estimate of drug-likeness (QED) is 0.835.